The summed E-state index contributed by atoms with van der Waals surface area (Å²) in [6.07, 6.45) is 1.46. The number of amides is 4. The Morgan fingerprint density at radius 1 is 1.25 bits per heavy atom. The van der Waals surface area contributed by atoms with Gasteiger partial charge < -0.3 is 0 Å². The van der Waals surface area contributed by atoms with Crippen molar-refractivity contribution in [3.8, 4) is 0 Å². The van der Waals surface area contributed by atoms with E-state index in [1.165, 1.54) is 7.05 Å². The Morgan fingerprint density at radius 3 is 2.19 bits per heavy atom. The molecular weight excluding hydrogens is 208 g/mol. The number of rotatable bonds is 3. The molecule has 0 radical (unpaired) electrons. The minimum Gasteiger partial charge on any atom is -0.277 e. The Labute approximate surface area is 95.2 Å². The van der Waals surface area contributed by atoms with Gasteiger partial charge in [0.15, 0.2) is 0 Å². The first-order valence-corrected chi connectivity index (χ1v) is 5.53. The molecule has 1 saturated heterocycles. The quantitative estimate of drug-likeness (QED) is 0.734. The summed E-state index contributed by atoms with van der Waals surface area (Å²) in [5.74, 6) is -0.931. The van der Waals surface area contributed by atoms with E-state index < -0.39 is 23.3 Å². The molecule has 0 aromatic rings. The summed E-state index contributed by atoms with van der Waals surface area (Å²) in [6.45, 7) is 5.50. The van der Waals surface area contributed by atoms with Crippen LogP contribution in [0, 0.1) is 11.3 Å². The van der Waals surface area contributed by atoms with Crippen LogP contribution in [0.25, 0.3) is 0 Å². The molecule has 0 spiro atoms. The molecule has 1 aliphatic heterocycles. The van der Waals surface area contributed by atoms with Crippen LogP contribution in [0.5, 0.6) is 0 Å². The average molecular weight is 226 g/mol. The van der Waals surface area contributed by atoms with E-state index in [4.69, 9.17) is 0 Å². The highest BCUT2D eigenvalue weighted by Gasteiger charge is 2.52. The van der Waals surface area contributed by atoms with E-state index in [9.17, 15) is 14.4 Å². The van der Waals surface area contributed by atoms with Crippen molar-refractivity contribution in [3.63, 3.8) is 0 Å². The van der Waals surface area contributed by atoms with E-state index in [0.717, 1.165) is 17.7 Å². The number of urea groups is 1. The average Bonchev–Trinajstić information content (AvgIpc) is 2.26. The van der Waals surface area contributed by atoms with Crippen LogP contribution < -0.4 is 5.32 Å². The second kappa shape index (κ2) is 4.23. The zero-order chi connectivity index (χ0) is 12.5. The Hall–Kier alpha value is -1.39. The monoisotopic (exact) mass is 226 g/mol. The van der Waals surface area contributed by atoms with Crippen LogP contribution in [-0.2, 0) is 9.59 Å². The zero-order valence-electron chi connectivity index (χ0n) is 10.2. The first kappa shape index (κ1) is 12.7. The summed E-state index contributed by atoms with van der Waals surface area (Å²) < 4.78 is 0. The van der Waals surface area contributed by atoms with Crippen LogP contribution in [0.4, 0.5) is 4.79 Å². The fourth-order valence-corrected chi connectivity index (χ4v) is 2.31. The second-order valence-electron chi connectivity index (χ2n) is 4.34. The molecule has 0 aliphatic carbocycles. The van der Waals surface area contributed by atoms with Crippen molar-refractivity contribution in [2.24, 2.45) is 11.3 Å². The lowest BCUT2D eigenvalue weighted by atomic mass is 9.71. The molecule has 0 aromatic carbocycles. The molecule has 1 atom stereocenters. The predicted octanol–water partition coefficient (Wildman–Crippen LogP) is 1.14. The molecule has 0 aromatic heterocycles. The minimum atomic E-state index is -1.12. The van der Waals surface area contributed by atoms with Crippen LogP contribution in [-0.4, -0.2) is 29.8 Å². The van der Waals surface area contributed by atoms with Crippen molar-refractivity contribution in [2.75, 3.05) is 7.05 Å². The van der Waals surface area contributed by atoms with Gasteiger partial charge in [-0.15, -0.1) is 0 Å². The number of carbonyl (C=O) groups is 3. The van der Waals surface area contributed by atoms with E-state index in [1.807, 2.05) is 13.8 Å². The number of nitrogens with one attached hydrogen (secondary N) is 1. The van der Waals surface area contributed by atoms with E-state index in [1.54, 1.807) is 6.92 Å². The van der Waals surface area contributed by atoms with Crippen LogP contribution in [0.15, 0.2) is 0 Å². The number of hydrogen-bond acceptors (Lipinski definition) is 3. The Bertz CT molecular complexity index is 336. The highest BCUT2D eigenvalue weighted by molar-refractivity contribution is 6.18. The van der Waals surface area contributed by atoms with Gasteiger partial charge in [-0.1, -0.05) is 26.7 Å². The molecule has 5 nitrogen and oxygen atoms in total. The molecule has 5 heteroatoms. The van der Waals surface area contributed by atoms with Crippen LogP contribution >= 0.6 is 0 Å². The van der Waals surface area contributed by atoms with Crippen molar-refractivity contribution >= 4 is 17.8 Å². The first-order chi connectivity index (χ1) is 7.39. The van der Waals surface area contributed by atoms with Gasteiger partial charge in [0.25, 0.3) is 0 Å². The molecular formula is C11H18N2O3. The molecule has 0 bridgehead atoms. The maximum Gasteiger partial charge on any atom is 0.330 e. The Kier molecular flexibility index (Phi) is 3.35. The zero-order valence-corrected chi connectivity index (χ0v) is 10.2. The summed E-state index contributed by atoms with van der Waals surface area (Å²) in [5.41, 5.74) is -1.12. The van der Waals surface area contributed by atoms with Crippen molar-refractivity contribution in [3.05, 3.63) is 0 Å². The molecule has 1 aliphatic rings. The molecule has 1 rings (SSSR count). The van der Waals surface area contributed by atoms with Gasteiger partial charge >= 0.3 is 6.03 Å². The van der Waals surface area contributed by atoms with Crippen LogP contribution in [0.3, 0.4) is 0 Å². The Balaban J connectivity index is 3.14. The van der Waals surface area contributed by atoms with Gasteiger partial charge in [0.2, 0.25) is 11.8 Å². The second-order valence-corrected chi connectivity index (χ2v) is 4.34. The van der Waals surface area contributed by atoms with E-state index in [0.29, 0.717) is 0 Å². The number of imide groups is 2. The van der Waals surface area contributed by atoms with Gasteiger partial charge in [0.1, 0.15) is 5.41 Å². The van der Waals surface area contributed by atoms with Gasteiger partial charge in [0, 0.05) is 7.05 Å². The molecule has 1 fully saturated rings. The van der Waals surface area contributed by atoms with Gasteiger partial charge in [-0.25, -0.2) is 4.79 Å². The number of hydrogen-bond donors (Lipinski definition) is 1. The van der Waals surface area contributed by atoms with Crippen molar-refractivity contribution in [1.29, 1.82) is 0 Å². The number of nitrogens with zero attached hydrogens (tertiary/aromatic N) is 1. The lowest BCUT2D eigenvalue weighted by Gasteiger charge is -2.39. The fourth-order valence-electron chi connectivity index (χ4n) is 2.31. The standard InChI is InChI=1S/C11H18N2O3/c1-5-7(6-2)11(3)8(14)12-10(16)13(4)9(11)15/h7H,5-6H2,1-4H3,(H,12,14,16). The van der Waals surface area contributed by atoms with Crippen LogP contribution in [0.1, 0.15) is 33.6 Å². The van der Waals surface area contributed by atoms with Gasteiger partial charge in [-0.3, -0.25) is 19.8 Å². The van der Waals surface area contributed by atoms with E-state index in [-0.39, 0.29) is 5.92 Å². The lowest BCUT2D eigenvalue weighted by molar-refractivity contribution is -0.153. The minimum absolute atomic E-state index is 0.0458. The van der Waals surface area contributed by atoms with Crippen LogP contribution in [0.2, 0.25) is 0 Å². The van der Waals surface area contributed by atoms with Crippen molar-refractivity contribution < 1.29 is 14.4 Å². The highest BCUT2D eigenvalue weighted by atomic mass is 16.2. The summed E-state index contributed by atoms with van der Waals surface area (Å²) in [7, 11) is 1.39. The molecule has 16 heavy (non-hydrogen) atoms. The molecule has 4 amide bonds. The predicted molar refractivity (Wildman–Crippen MR) is 58.5 cm³/mol. The Morgan fingerprint density at radius 2 is 1.75 bits per heavy atom. The maximum absolute atomic E-state index is 12.1. The maximum atomic E-state index is 12.1. The largest absolute Gasteiger partial charge is 0.330 e. The molecule has 0 saturated carbocycles. The SMILES string of the molecule is CCC(CC)C1(C)C(=O)NC(=O)N(C)C1=O. The van der Waals surface area contributed by atoms with E-state index >= 15 is 0 Å². The third kappa shape index (κ3) is 1.60. The van der Waals surface area contributed by atoms with Gasteiger partial charge in [0.05, 0.1) is 0 Å². The fraction of sp³-hybridized carbons (Fsp3) is 0.727. The molecule has 1 heterocycles. The third-order valence-corrected chi connectivity index (χ3v) is 3.55. The van der Waals surface area contributed by atoms with Crippen molar-refractivity contribution in [1.82, 2.24) is 10.2 Å². The topological polar surface area (TPSA) is 66.5 Å². The molecule has 90 valence electrons. The molecule has 1 N–H and O–H groups in total. The third-order valence-electron chi connectivity index (χ3n) is 3.55. The van der Waals surface area contributed by atoms with E-state index in [2.05, 4.69) is 5.32 Å². The highest BCUT2D eigenvalue weighted by Crippen LogP contribution is 2.36. The molecule has 1 unspecified atom stereocenters. The smallest absolute Gasteiger partial charge is 0.277 e. The lowest BCUT2D eigenvalue weighted by Crippen LogP contribution is -2.63. The number of carbonyl (C=O) groups excluding carboxylic acids is 3. The number of barbiturate groups is 1. The van der Waals surface area contributed by atoms with Gasteiger partial charge in [-0.2, -0.15) is 0 Å². The van der Waals surface area contributed by atoms with Crippen molar-refractivity contribution in [2.45, 2.75) is 33.6 Å². The summed E-state index contributed by atoms with van der Waals surface area (Å²) in [4.78, 5) is 36.2. The summed E-state index contributed by atoms with van der Waals surface area (Å²) >= 11 is 0. The van der Waals surface area contributed by atoms with Gasteiger partial charge in [-0.05, 0) is 12.8 Å². The summed E-state index contributed by atoms with van der Waals surface area (Å²) in [6, 6.07) is -0.640. The first-order valence-electron chi connectivity index (χ1n) is 5.53. The normalized spacial score (nSPS) is 26.3. The summed E-state index contributed by atoms with van der Waals surface area (Å²) in [5, 5.41) is 2.23.